The second-order valence-electron chi connectivity index (χ2n) is 17.6. The van der Waals surface area contributed by atoms with Crippen molar-refractivity contribution in [3.8, 4) is 5.75 Å². The first kappa shape index (κ1) is 32.3. The minimum Gasteiger partial charge on any atom is -0.508 e. The summed E-state index contributed by atoms with van der Waals surface area (Å²) in [5, 5.41) is 31.9. The number of aliphatic hydroxyl groups excluding tert-OH is 1. The molecule has 0 aromatic heterocycles. The number of ether oxygens (including phenoxy) is 1. The molecule has 5 aliphatic rings. The lowest BCUT2D eigenvalue weighted by Gasteiger charge is -2.71. The Bertz CT molecular complexity index is 1420. The third-order valence-electron chi connectivity index (χ3n) is 14.5. The van der Waals surface area contributed by atoms with E-state index in [-0.39, 0.29) is 39.2 Å². The Hall–Kier alpha value is -2.60. The van der Waals surface area contributed by atoms with Crippen molar-refractivity contribution in [2.75, 3.05) is 0 Å². The molecule has 6 heteroatoms. The number of carboxylic acids is 1. The van der Waals surface area contributed by atoms with Crippen molar-refractivity contribution in [3.05, 3.63) is 47.6 Å². The fourth-order valence-electron chi connectivity index (χ4n) is 11.9. The Balaban J connectivity index is 1.29. The van der Waals surface area contributed by atoms with Gasteiger partial charge in [0.2, 0.25) is 0 Å². The van der Waals surface area contributed by atoms with Crippen LogP contribution >= 0.6 is 0 Å². The third kappa shape index (κ3) is 4.74. The number of benzene rings is 1. The SMILES string of the molecule is CC1(C)CC[C@@]2(C(=O)O)CC[C@@]3(C)C(=CC[C@@H]4[C@]5(C)C[C@@H](O)[C@@H](OC(=O)C=Cc6ccc(O)cc6)C(C)(C)[C@@H]5CC[C@]43C)[C@H]2C1. The molecule has 0 saturated heterocycles. The van der Waals surface area contributed by atoms with Crippen molar-refractivity contribution in [1.82, 2.24) is 0 Å². The van der Waals surface area contributed by atoms with Crippen LogP contribution in [0.5, 0.6) is 5.75 Å². The van der Waals surface area contributed by atoms with Gasteiger partial charge in [-0.3, -0.25) is 4.79 Å². The average Bonchev–Trinajstić information content (AvgIpc) is 2.94. The molecule has 9 atom stereocenters. The Kier molecular flexibility index (Phi) is 7.51. The molecule has 0 radical (unpaired) electrons. The van der Waals surface area contributed by atoms with E-state index in [9.17, 15) is 24.9 Å². The van der Waals surface area contributed by atoms with Gasteiger partial charge in [0.05, 0.1) is 11.5 Å². The average molecular weight is 619 g/mol. The van der Waals surface area contributed by atoms with Crippen LogP contribution in [0.1, 0.15) is 112 Å². The van der Waals surface area contributed by atoms with Gasteiger partial charge in [0, 0.05) is 11.5 Å². The van der Waals surface area contributed by atoms with Gasteiger partial charge in [-0.25, -0.2) is 4.79 Å². The summed E-state index contributed by atoms with van der Waals surface area (Å²) in [5.74, 6) is -0.230. The minimum atomic E-state index is -0.780. The van der Waals surface area contributed by atoms with E-state index in [4.69, 9.17) is 4.74 Å². The summed E-state index contributed by atoms with van der Waals surface area (Å²) in [6, 6.07) is 6.62. The van der Waals surface area contributed by atoms with Crippen LogP contribution in [-0.4, -0.2) is 39.5 Å². The summed E-state index contributed by atoms with van der Waals surface area (Å²) in [5.41, 5.74) is 0.991. The largest absolute Gasteiger partial charge is 0.508 e. The number of carbonyl (C=O) groups is 2. The van der Waals surface area contributed by atoms with E-state index in [1.807, 2.05) is 0 Å². The highest BCUT2D eigenvalue weighted by Crippen LogP contribution is 2.75. The van der Waals surface area contributed by atoms with E-state index in [1.54, 1.807) is 30.3 Å². The first-order chi connectivity index (χ1) is 20.9. The van der Waals surface area contributed by atoms with Gasteiger partial charge in [-0.05, 0) is 121 Å². The van der Waals surface area contributed by atoms with Crippen molar-refractivity contribution in [1.29, 1.82) is 0 Å². The van der Waals surface area contributed by atoms with Gasteiger partial charge in [0.15, 0.2) is 0 Å². The molecule has 6 rings (SSSR count). The zero-order valence-corrected chi connectivity index (χ0v) is 28.4. The lowest BCUT2D eigenvalue weighted by Crippen LogP contribution is -2.67. The molecule has 4 saturated carbocycles. The number of aliphatic hydroxyl groups is 1. The second kappa shape index (κ2) is 10.5. The monoisotopic (exact) mass is 618 g/mol. The van der Waals surface area contributed by atoms with Crippen molar-refractivity contribution in [2.24, 2.45) is 50.2 Å². The summed E-state index contributed by atoms with van der Waals surface area (Å²) in [7, 11) is 0. The molecule has 246 valence electrons. The summed E-state index contributed by atoms with van der Waals surface area (Å²) >= 11 is 0. The summed E-state index contributed by atoms with van der Waals surface area (Å²) in [4.78, 5) is 26.0. The number of aromatic hydroxyl groups is 1. The molecule has 1 aromatic carbocycles. The Morgan fingerprint density at radius 1 is 0.889 bits per heavy atom. The molecule has 1 aromatic rings. The van der Waals surface area contributed by atoms with E-state index in [0.29, 0.717) is 12.3 Å². The number of phenols is 1. The Morgan fingerprint density at radius 2 is 1.56 bits per heavy atom. The molecule has 0 spiro atoms. The van der Waals surface area contributed by atoms with E-state index in [0.717, 1.165) is 56.9 Å². The number of esters is 1. The molecule has 0 bridgehead atoms. The van der Waals surface area contributed by atoms with Crippen molar-refractivity contribution in [2.45, 2.75) is 118 Å². The van der Waals surface area contributed by atoms with Gasteiger partial charge in [0.25, 0.3) is 0 Å². The van der Waals surface area contributed by atoms with E-state index < -0.39 is 35.0 Å². The number of phenolic OH excluding ortho intramolecular Hbond substituents is 1. The first-order valence-electron chi connectivity index (χ1n) is 17.2. The van der Waals surface area contributed by atoms with Crippen LogP contribution in [-0.2, 0) is 14.3 Å². The summed E-state index contributed by atoms with van der Waals surface area (Å²) < 4.78 is 6.04. The molecule has 0 amide bonds. The van der Waals surface area contributed by atoms with Crippen molar-refractivity contribution >= 4 is 18.0 Å². The fraction of sp³-hybridized carbons (Fsp3) is 0.692. The highest BCUT2D eigenvalue weighted by atomic mass is 16.6. The highest BCUT2D eigenvalue weighted by Gasteiger charge is 2.70. The quantitative estimate of drug-likeness (QED) is 0.179. The van der Waals surface area contributed by atoms with Gasteiger partial charge in [-0.15, -0.1) is 0 Å². The molecule has 4 fully saturated rings. The standard InChI is InChI=1S/C39H54O6/c1-34(2)18-20-39(33(43)44)21-19-37(6)26(27(39)22-34)13-14-30-36(5)23-28(41)32(35(3,4)29(36)16-17-38(30,37)7)45-31(42)15-10-24-8-11-25(40)12-9-24/h8-13,15,27-30,32,40-41H,14,16-23H2,1-7H3,(H,43,44)/t27-,28-,29+,30-,32-,36-,37+,38-,39-/m1/s1. The third-order valence-corrected chi connectivity index (χ3v) is 14.5. The maximum absolute atomic E-state index is 13.0. The number of hydrogen-bond acceptors (Lipinski definition) is 5. The maximum Gasteiger partial charge on any atom is 0.331 e. The Morgan fingerprint density at radius 3 is 2.22 bits per heavy atom. The van der Waals surface area contributed by atoms with Gasteiger partial charge in [0.1, 0.15) is 11.9 Å². The molecule has 6 nitrogen and oxygen atoms in total. The van der Waals surface area contributed by atoms with Gasteiger partial charge in [-0.1, -0.05) is 72.2 Å². The lowest BCUT2D eigenvalue weighted by atomic mass is 9.33. The number of hydrogen-bond donors (Lipinski definition) is 3. The summed E-state index contributed by atoms with van der Waals surface area (Å²) in [6.07, 6.45) is 12.0. The number of allylic oxidation sites excluding steroid dienone is 2. The highest BCUT2D eigenvalue weighted by molar-refractivity contribution is 5.87. The molecule has 0 aliphatic heterocycles. The smallest absolute Gasteiger partial charge is 0.331 e. The van der Waals surface area contributed by atoms with Gasteiger partial charge >= 0.3 is 11.9 Å². The second-order valence-corrected chi connectivity index (χ2v) is 17.6. The number of fused-ring (bicyclic) bond motifs is 7. The number of aliphatic carboxylic acids is 1. The summed E-state index contributed by atoms with van der Waals surface area (Å²) in [6.45, 7) is 16.3. The van der Waals surface area contributed by atoms with Crippen LogP contribution in [0.2, 0.25) is 0 Å². The predicted octanol–water partition coefficient (Wildman–Crippen LogP) is 8.17. The van der Waals surface area contributed by atoms with Crippen LogP contribution in [0.3, 0.4) is 0 Å². The normalized spacial score (nSPS) is 43.2. The molecular weight excluding hydrogens is 564 g/mol. The van der Waals surface area contributed by atoms with Crippen LogP contribution in [0.25, 0.3) is 6.08 Å². The lowest BCUT2D eigenvalue weighted by molar-refractivity contribution is -0.238. The molecule has 3 N–H and O–H groups in total. The Labute approximate surface area is 269 Å². The minimum absolute atomic E-state index is 0.0131. The first-order valence-corrected chi connectivity index (χ1v) is 17.2. The number of carboxylic acid groups (broad SMARTS) is 1. The van der Waals surface area contributed by atoms with E-state index in [2.05, 4.69) is 54.5 Å². The molecule has 0 heterocycles. The fourth-order valence-corrected chi connectivity index (χ4v) is 11.9. The number of carbonyl (C=O) groups excluding carboxylic acids is 1. The molecule has 5 aliphatic carbocycles. The van der Waals surface area contributed by atoms with E-state index >= 15 is 0 Å². The van der Waals surface area contributed by atoms with Crippen LogP contribution < -0.4 is 0 Å². The van der Waals surface area contributed by atoms with Gasteiger partial charge < -0.3 is 20.1 Å². The molecule has 0 unspecified atom stereocenters. The predicted molar refractivity (Wildman–Crippen MR) is 175 cm³/mol. The van der Waals surface area contributed by atoms with Crippen molar-refractivity contribution in [3.63, 3.8) is 0 Å². The van der Waals surface area contributed by atoms with Crippen LogP contribution in [0, 0.1) is 50.2 Å². The van der Waals surface area contributed by atoms with E-state index in [1.165, 1.54) is 11.6 Å². The van der Waals surface area contributed by atoms with Crippen LogP contribution in [0.15, 0.2) is 42.0 Å². The maximum atomic E-state index is 13.0. The van der Waals surface area contributed by atoms with Crippen molar-refractivity contribution < 1.29 is 29.6 Å². The van der Waals surface area contributed by atoms with Crippen LogP contribution in [0.4, 0.5) is 0 Å². The number of rotatable bonds is 4. The zero-order chi connectivity index (χ0) is 32.8. The molecular formula is C39H54O6. The topological polar surface area (TPSA) is 104 Å². The molecule has 45 heavy (non-hydrogen) atoms. The zero-order valence-electron chi connectivity index (χ0n) is 28.4. The van der Waals surface area contributed by atoms with Gasteiger partial charge in [-0.2, -0.15) is 0 Å².